The fourth-order valence-corrected chi connectivity index (χ4v) is 5.25. The fourth-order valence-electron chi connectivity index (χ4n) is 4.48. The van der Waals surface area contributed by atoms with Crippen LogP contribution in [0.4, 0.5) is 15.8 Å². The van der Waals surface area contributed by atoms with Crippen LogP contribution in [0, 0.1) is 5.82 Å². The number of carbonyl (C=O) groups is 2. The number of hydrogen-bond acceptors (Lipinski definition) is 6. The van der Waals surface area contributed by atoms with E-state index >= 15 is 0 Å². The summed E-state index contributed by atoms with van der Waals surface area (Å²) < 4.78 is 24.9. The number of nitrogens with one attached hydrogen (secondary N) is 4. The number of anilines is 2. The number of benzene rings is 2. The van der Waals surface area contributed by atoms with Crippen molar-refractivity contribution in [2.24, 2.45) is 0 Å². The van der Waals surface area contributed by atoms with Gasteiger partial charge in [0.1, 0.15) is 11.6 Å². The predicted molar refractivity (Wildman–Crippen MR) is 113 cm³/mol. The lowest BCUT2D eigenvalue weighted by atomic mass is 9.44. The average Bonchev–Trinajstić information content (AvgIpc) is 3.15. The molecule has 2 amide bonds. The highest BCUT2D eigenvalue weighted by Gasteiger charge is 2.69. The van der Waals surface area contributed by atoms with E-state index in [2.05, 4.69) is 20.1 Å². The number of ether oxygens (including phenoxy) is 1. The van der Waals surface area contributed by atoms with Crippen molar-refractivity contribution in [1.82, 2.24) is 10.6 Å². The Bertz CT molecular complexity index is 1050. The van der Waals surface area contributed by atoms with Crippen molar-refractivity contribution in [2.45, 2.75) is 30.3 Å². The predicted octanol–water partition coefficient (Wildman–Crippen LogP) is 3.48. The molecule has 2 aromatic rings. The van der Waals surface area contributed by atoms with Crippen molar-refractivity contribution in [1.29, 1.82) is 0 Å². The highest BCUT2D eigenvalue weighted by molar-refractivity contribution is 8.02. The van der Waals surface area contributed by atoms with E-state index in [1.165, 1.54) is 24.3 Å². The fraction of sp³-hybridized carbons (Fsp3) is 0.300. The summed E-state index contributed by atoms with van der Waals surface area (Å²) in [5.41, 5.74) is 1.69. The Balaban J connectivity index is 1.12. The Kier molecular flexibility index (Phi) is 4.48. The van der Waals surface area contributed by atoms with E-state index in [9.17, 15) is 14.0 Å². The van der Waals surface area contributed by atoms with Crippen LogP contribution in [-0.2, 0) is 4.79 Å². The molecule has 10 heteroatoms. The minimum atomic E-state index is -0.597. The van der Waals surface area contributed by atoms with Gasteiger partial charge in [0.25, 0.3) is 11.8 Å². The van der Waals surface area contributed by atoms with Gasteiger partial charge in [0, 0.05) is 17.1 Å². The summed E-state index contributed by atoms with van der Waals surface area (Å²) >= 11 is 6.96. The molecule has 3 saturated carbocycles. The molecule has 0 radical (unpaired) electrons. The molecule has 0 spiro atoms. The molecule has 2 bridgehead atoms. The van der Waals surface area contributed by atoms with E-state index in [0.29, 0.717) is 24.8 Å². The summed E-state index contributed by atoms with van der Waals surface area (Å²) in [6.45, 7) is -0.214. The second-order valence-electron chi connectivity index (χ2n) is 7.99. The SMILES string of the molecule is O=C(COc1ccc(Cl)c(F)c1)NC12CC(NC(=O)c3cccc4c3NSN4)(C1)C2. The highest BCUT2D eigenvalue weighted by Crippen LogP contribution is 2.60. The zero-order valence-electron chi connectivity index (χ0n) is 15.7. The van der Waals surface area contributed by atoms with Crippen molar-refractivity contribution in [3.63, 3.8) is 0 Å². The quantitative estimate of drug-likeness (QED) is 0.506. The van der Waals surface area contributed by atoms with E-state index in [0.717, 1.165) is 17.4 Å². The van der Waals surface area contributed by atoms with Crippen LogP contribution in [0.5, 0.6) is 5.75 Å². The summed E-state index contributed by atoms with van der Waals surface area (Å²) in [6, 6.07) is 9.56. The van der Waals surface area contributed by atoms with Gasteiger partial charge in [0.05, 0.1) is 34.1 Å². The molecule has 30 heavy (non-hydrogen) atoms. The van der Waals surface area contributed by atoms with Gasteiger partial charge >= 0.3 is 0 Å². The van der Waals surface area contributed by atoms with E-state index in [1.54, 1.807) is 6.07 Å². The first-order valence-electron chi connectivity index (χ1n) is 9.39. The zero-order chi connectivity index (χ0) is 20.9. The van der Waals surface area contributed by atoms with Crippen molar-refractivity contribution >= 4 is 46.9 Å². The van der Waals surface area contributed by atoms with Gasteiger partial charge in [-0.2, -0.15) is 0 Å². The standard InChI is InChI=1S/C20H18ClFN4O3S/c21-13-5-4-11(6-14(13)22)29-7-16(27)23-19-8-20(9-19,10-19)24-18(28)12-2-1-3-15-17(12)26-30-25-15/h1-6,25-26H,7-10H2,(H,23,27)(H,24,28). The molecular weight excluding hydrogens is 431 g/mol. The second kappa shape index (κ2) is 6.95. The number of carbonyl (C=O) groups excluding carboxylic acids is 2. The minimum absolute atomic E-state index is 0.000676. The molecule has 0 unspecified atom stereocenters. The zero-order valence-corrected chi connectivity index (χ0v) is 17.3. The molecule has 0 aromatic heterocycles. The van der Waals surface area contributed by atoms with Gasteiger partial charge in [-0.15, -0.1) is 0 Å². The molecule has 1 aliphatic heterocycles. The van der Waals surface area contributed by atoms with Crippen LogP contribution in [0.15, 0.2) is 36.4 Å². The lowest BCUT2D eigenvalue weighted by Crippen LogP contribution is -2.84. The normalized spacial score (nSPS) is 25.0. The molecule has 3 fully saturated rings. The molecule has 4 N–H and O–H groups in total. The van der Waals surface area contributed by atoms with Crippen LogP contribution in [0.1, 0.15) is 29.6 Å². The molecule has 1 heterocycles. The molecule has 2 aromatic carbocycles. The highest BCUT2D eigenvalue weighted by atomic mass is 35.5. The molecule has 4 aliphatic rings. The second-order valence-corrected chi connectivity index (χ2v) is 9.01. The lowest BCUT2D eigenvalue weighted by Gasteiger charge is -2.70. The summed E-state index contributed by atoms with van der Waals surface area (Å²) in [5.74, 6) is -0.764. The van der Waals surface area contributed by atoms with E-state index in [1.807, 2.05) is 12.1 Å². The third-order valence-electron chi connectivity index (χ3n) is 5.70. The van der Waals surface area contributed by atoms with Crippen molar-refractivity contribution in [3.8, 4) is 5.75 Å². The lowest BCUT2D eigenvalue weighted by molar-refractivity contribution is -0.141. The maximum absolute atomic E-state index is 13.4. The Hall–Kier alpha value is -2.65. The van der Waals surface area contributed by atoms with Crippen LogP contribution >= 0.6 is 23.7 Å². The molecular formula is C20H18ClFN4O3S. The Morgan fingerprint density at radius 3 is 2.67 bits per heavy atom. The van der Waals surface area contributed by atoms with Crippen molar-refractivity contribution < 1.29 is 18.7 Å². The van der Waals surface area contributed by atoms with Gasteiger partial charge in [-0.3, -0.25) is 9.59 Å². The first kappa shape index (κ1) is 19.3. The molecule has 0 saturated heterocycles. The molecule has 0 atom stereocenters. The van der Waals surface area contributed by atoms with Crippen LogP contribution in [0.2, 0.25) is 5.02 Å². The third kappa shape index (κ3) is 3.31. The van der Waals surface area contributed by atoms with Crippen LogP contribution < -0.4 is 24.8 Å². The number of para-hydroxylation sites is 1. The number of fused-ring (bicyclic) bond motifs is 1. The van der Waals surface area contributed by atoms with Gasteiger partial charge in [0.15, 0.2) is 6.61 Å². The monoisotopic (exact) mass is 448 g/mol. The van der Waals surface area contributed by atoms with Crippen molar-refractivity contribution in [2.75, 3.05) is 16.1 Å². The number of hydrogen-bond donors (Lipinski definition) is 4. The van der Waals surface area contributed by atoms with Gasteiger partial charge < -0.3 is 24.8 Å². The Morgan fingerprint density at radius 1 is 1.13 bits per heavy atom. The largest absolute Gasteiger partial charge is 0.484 e. The minimum Gasteiger partial charge on any atom is -0.484 e. The average molecular weight is 449 g/mol. The van der Waals surface area contributed by atoms with Gasteiger partial charge in [-0.05, 0) is 43.5 Å². The van der Waals surface area contributed by atoms with Gasteiger partial charge in [0.2, 0.25) is 0 Å². The Morgan fingerprint density at radius 2 is 1.90 bits per heavy atom. The van der Waals surface area contributed by atoms with Crippen LogP contribution in [0.25, 0.3) is 0 Å². The number of halogens is 2. The molecule has 6 rings (SSSR count). The smallest absolute Gasteiger partial charge is 0.258 e. The first-order valence-corrected chi connectivity index (χ1v) is 10.6. The molecule has 7 nitrogen and oxygen atoms in total. The van der Waals surface area contributed by atoms with Crippen LogP contribution in [0.3, 0.4) is 0 Å². The summed E-state index contributed by atoms with van der Waals surface area (Å²) in [7, 11) is 0. The van der Waals surface area contributed by atoms with E-state index in [4.69, 9.17) is 16.3 Å². The maximum Gasteiger partial charge on any atom is 0.258 e. The number of rotatable bonds is 6. The molecule has 3 aliphatic carbocycles. The summed E-state index contributed by atoms with van der Waals surface area (Å²) in [4.78, 5) is 25.0. The van der Waals surface area contributed by atoms with E-state index < -0.39 is 5.82 Å². The maximum atomic E-state index is 13.4. The van der Waals surface area contributed by atoms with Crippen LogP contribution in [-0.4, -0.2) is 29.5 Å². The van der Waals surface area contributed by atoms with Gasteiger partial charge in [-0.1, -0.05) is 17.7 Å². The summed E-state index contributed by atoms with van der Waals surface area (Å²) in [5, 5.41) is 6.09. The Labute approximate surface area is 181 Å². The first-order chi connectivity index (χ1) is 14.4. The summed E-state index contributed by atoms with van der Waals surface area (Å²) in [6.07, 6.45) is 2.05. The van der Waals surface area contributed by atoms with Gasteiger partial charge in [-0.25, -0.2) is 4.39 Å². The molecule has 156 valence electrons. The third-order valence-corrected chi connectivity index (χ3v) is 6.63. The topological polar surface area (TPSA) is 91.5 Å². The number of amides is 2. The van der Waals surface area contributed by atoms with Crippen molar-refractivity contribution in [3.05, 3.63) is 52.8 Å². The van der Waals surface area contributed by atoms with E-state index in [-0.39, 0.29) is 40.3 Å².